The van der Waals surface area contributed by atoms with Crippen LogP contribution in [-0.4, -0.2) is 42.7 Å². The smallest absolute Gasteiger partial charge is 0.340 e. The van der Waals surface area contributed by atoms with Crippen molar-refractivity contribution >= 4 is 35.6 Å². The van der Waals surface area contributed by atoms with E-state index < -0.39 is 29.9 Å². The van der Waals surface area contributed by atoms with Gasteiger partial charge in [-0.1, -0.05) is 12.1 Å². The number of amides is 4. The molecule has 1 aromatic rings. The standard InChI is InChI=1S/C14H17N3O5S/c1-8(12(19)17-14(21)16-2)22-13(20)9-5-3-4-6-10(9)23-7-11(15)18/h3-6,8H,7H2,1-2H3,(H2,15,18)(H2,16,17,19,21). The molecule has 1 unspecified atom stereocenters. The summed E-state index contributed by atoms with van der Waals surface area (Å²) >= 11 is 1.09. The highest BCUT2D eigenvalue weighted by Crippen LogP contribution is 2.23. The number of carbonyl (C=O) groups excluding carboxylic acids is 4. The van der Waals surface area contributed by atoms with Crippen LogP contribution in [0.1, 0.15) is 17.3 Å². The monoisotopic (exact) mass is 339 g/mol. The van der Waals surface area contributed by atoms with Crippen LogP contribution in [0.3, 0.4) is 0 Å². The van der Waals surface area contributed by atoms with Crippen molar-refractivity contribution in [2.45, 2.75) is 17.9 Å². The van der Waals surface area contributed by atoms with Crippen molar-refractivity contribution in [1.29, 1.82) is 0 Å². The van der Waals surface area contributed by atoms with E-state index in [0.717, 1.165) is 11.8 Å². The van der Waals surface area contributed by atoms with Gasteiger partial charge >= 0.3 is 12.0 Å². The molecule has 0 saturated heterocycles. The van der Waals surface area contributed by atoms with Gasteiger partial charge in [-0.05, 0) is 19.1 Å². The lowest BCUT2D eigenvalue weighted by atomic mass is 10.2. The molecule has 0 aliphatic rings. The summed E-state index contributed by atoms with van der Waals surface area (Å²) in [6.07, 6.45) is -1.16. The minimum atomic E-state index is -1.16. The summed E-state index contributed by atoms with van der Waals surface area (Å²) in [7, 11) is 1.35. The molecular weight excluding hydrogens is 322 g/mol. The van der Waals surface area contributed by atoms with Crippen molar-refractivity contribution in [3.63, 3.8) is 0 Å². The molecule has 9 heteroatoms. The zero-order valence-corrected chi connectivity index (χ0v) is 13.4. The lowest BCUT2D eigenvalue weighted by Crippen LogP contribution is -2.43. The highest BCUT2D eigenvalue weighted by atomic mass is 32.2. The highest BCUT2D eigenvalue weighted by Gasteiger charge is 2.22. The molecular formula is C14H17N3O5S. The number of carbonyl (C=O) groups is 4. The Labute approximate surface area is 137 Å². The molecule has 1 aromatic carbocycles. The molecule has 1 atom stereocenters. The fourth-order valence-electron chi connectivity index (χ4n) is 1.46. The number of nitrogens with two attached hydrogens (primary N) is 1. The number of primary amides is 1. The molecule has 4 N–H and O–H groups in total. The van der Waals surface area contributed by atoms with Crippen molar-refractivity contribution in [1.82, 2.24) is 10.6 Å². The molecule has 124 valence electrons. The SMILES string of the molecule is CNC(=O)NC(=O)C(C)OC(=O)c1ccccc1SCC(N)=O. The number of esters is 1. The van der Waals surface area contributed by atoms with Gasteiger partial charge in [-0.15, -0.1) is 11.8 Å². The van der Waals surface area contributed by atoms with Crippen molar-refractivity contribution in [3.05, 3.63) is 29.8 Å². The van der Waals surface area contributed by atoms with Gasteiger partial charge in [0.15, 0.2) is 6.10 Å². The second kappa shape index (κ2) is 8.79. The summed E-state index contributed by atoms with van der Waals surface area (Å²) in [5.74, 6) is -2.00. The predicted octanol–water partition coefficient (Wildman–Crippen LogP) is 0.265. The molecule has 0 radical (unpaired) electrons. The van der Waals surface area contributed by atoms with Gasteiger partial charge in [-0.3, -0.25) is 14.9 Å². The normalized spacial score (nSPS) is 11.2. The number of nitrogens with one attached hydrogen (secondary N) is 2. The predicted molar refractivity (Wildman–Crippen MR) is 83.8 cm³/mol. The average Bonchev–Trinajstić information content (AvgIpc) is 2.52. The fourth-order valence-corrected chi connectivity index (χ4v) is 2.24. The lowest BCUT2D eigenvalue weighted by molar-refractivity contribution is -0.127. The summed E-state index contributed by atoms with van der Waals surface area (Å²) in [6, 6.07) is 5.77. The Hall–Kier alpha value is -2.55. The number of hydrogen-bond acceptors (Lipinski definition) is 6. The second-order valence-electron chi connectivity index (χ2n) is 4.37. The number of urea groups is 1. The van der Waals surface area contributed by atoms with Crippen LogP contribution in [0.2, 0.25) is 0 Å². The Morgan fingerprint density at radius 3 is 2.52 bits per heavy atom. The van der Waals surface area contributed by atoms with Gasteiger partial charge in [0, 0.05) is 11.9 Å². The first-order valence-electron chi connectivity index (χ1n) is 6.58. The summed E-state index contributed by atoms with van der Waals surface area (Å²) in [5, 5.41) is 4.22. The third-order valence-electron chi connectivity index (χ3n) is 2.59. The van der Waals surface area contributed by atoms with E-state index in [-0.39, 0.29) is 11.3 Å². The first-order chi connectivity index (χ1) is 10.8. The number of hydrogen-bond donors (Lipinski definition) is 3. The van der Waals surface area contributed by atoms with Gasteiger partial charge in [0.2, 0.25) is 5.91 Å². The minimum Gasteiger partial charge on any atom is -0.449 e. The summed E-state index contributed by atoms with van der Waals surface area (Å²) in [6.45, 7) is 1.34. The zero-order valence-electron chi connectivity index (χ0n) is 12.6. The van der Waals surface area contributed by atoms with Gasteiger partial charge in [0.05, 0.1) is 11.3 Å². The van der Waals surface area contributed by atoms with Crippen LogP contribution in [0.5, 0.6) is 0 Å². The van der Waals surface area contributed by atoms with Gasteiger partial charge in [0.1, 0.15) is 0 Å². The molecule has 0 saturated carbocycles. The molecule has 0 aliphatic heterocycles. The molecule has 8 nitrogen and oxygen atoms in total. The van der Waals surface area contributed by atoms with E-state index in [4.69, 9.17) is 10.5 Å². The average molecular weight is 339 g/mol. The summed E-state index contributed by atoms with van der Waals surface area (Å²) < 4.78 is 5.03. The number of benzene rings is 1. The number of rotatable bonds is 6. The third-order valence-corrected chi connectivity index (χ3v) is 3.69. The first-order valence-corrected chi connectivity index (χ1v) is 7.57. The van der Waals surface area contributed by atoms with Gasteiger partial charge in [0.25, 0.3) is 5.91 Å². The van der Waals surface area contributed by atoms with E-state index in [9.17, 15) is 19.2 Å². The molecule has 0 fully saturated rings. The quantitative estimate of drug-likeness (QED) is 0.504. The highest BCUT2D eigenvalue weighted by molar-refractivity contribution is 8.00. The Kier molecular flexibility index (Phi) is 7.07. The summed E-state index contributed by atoms with van der Waals surface area (Å²) in [5.41, 5.74) is 5.29. The third kappa shape index (κ3) is 5.99. The van der Waals surface area contributed by atoms with Gasteiger partial charge in [-0.25, -0.2) is 9.59 Å². The molecule has 1 rings (SSSR count). The van der Waals surface area contributed by atoms with E-state index >= 15 is 0 Å². The Balaban J connectivity index is 2.75. The number of ether oxygens (including phenoxy) is 1. The molecule has 4 amide bonds. The molecule has 0 aromatic heterocycles. The van der Waals surface area contributed by atoms with Crippen LogP contribution < -0.4 is 16.4 Å². The maximum Gasteiger partial charge on any atom is 0.340 e. The first kappa shape index (κ1) is 18.5. The van der Waals surface area contributed by atoms with Crippen molar-refractivity contribution in [2.24, 2.45) is 5.73 Å². The van der Waals surface area contributed by atoms with Crippen LogP contribution in [0.4, 0.5) is 4.79 Å². The molecule has 0 bridgehead atoms. The maximum atomic E-state index is 12.1. The zero-order chi connectivity index (χ0) is 17.4. The van der Waals surface area contributed by atoms with Crippen molar-refractivity contribution in [2.75, 3.05) is 12.8 Å². The van der Waals surface area contributed by atoms with Crippen LogP contribution in [0, 0.1) is 0 Å². The van der Waals surface area contributed by atoms with Crippen LogP contribution in [0.25, 0.3) is 0 Å². The molecule has 0 spiro atoms. The summed E-state index contributed by atoms with van der Waals surface area (Å²) in [4.78, 5) is 46.2. The van der Waals surface area contributed by atoms with E-state index in [1.54, 1.807) is 18.2 Å². The minimum absolute atomic E-state index is 0.0109. The Morgan fingerprint density at radius 2 is 1.91 bits per heavy atom. The number of thioether (sulfide) groups is 1. The van der Waals surface area contributed by atoms with Crippen molar-refractivity contribution in [3.8, 4) is 0 Å². The van der Waals surface area contributed by atoms with Crippen LogP contribution in [-0.2, 0) is 14.3 Å². The lowest BCUT2D eigenvalue weighted by Gasteiger charge is -2.14. The molecule has 23 heavy (non-hydrogen) atoms. The molecule has 0 aliphatic carbocycles. The number of imide groups is 1. The fraction of sp³-hybridized carbons (Fsp3) is 0.286. The van der Waals surface area contributed by atoms with Crippen LogP contribution in [0.15, 0.2) is 29.2 Å². The van der Waals surface area contributed by atoms with Crippen molar-refractivity contribution < 1.29 is 23.9 Å². The van der Waals surface area contributed by atoms with Gasteiger partial charge < -0.3 is 15.8 Å². The largest absolute Gasteiger partial charge is 0.449 e. The van der Waals surface area contributed by atoms with E-state index in [1.807, 2.05) is 5.32 Å². The van der Waals surface area contributed by atoms with Gasteiger partial charge in [-0.2, -0.15) is 0 Å². The molecule has 0 heterocycles. The second-order valence-corrected chi connectivity index (χ2v) is 5.38. The Bertz CT molecular complexity index is 620. The maximum absolute atomic E-state index is 12.1. The van der Waals surface area contributed by atoms with E-state index in [0.29, 0.717) is 4.90 Å². The topological polar surface area (TPSA) is 128 Å². The Morgan fingerprint density at radius 1 is 1.26 bits per heavy atom. The van der Waals surface area contributed by atoms with Crippen LogP contribution >= 0.6 is 11.8 Å². The van der Waals surface area contributed by atoms with E-state index in [1.165, 1.54) is 20.0 Å². The van der Waals surface area contributed by atoms with E-state index in [2.05, 4.69) is 5.32 Å².